The van der Waals surface area contributed by atoms with Gasteiger partial charge in [0.25, 0.3) is 0 Å². The summed E-state index contributed by atoms with van der Waals surface area (Å²) in [6.07, 6.45) is 0.208. The lowest BCUT2D eigenvalue weighted by molar-refractivity contribution is -0.139. The van der Waals surface area contributed by atoms with Gasteiger partial charge in [0.15, 0.2) is 0 Å². The van der Waals surface area contributed by atoms with E-state index in [2.05, 4.69) is 4.74 Å². The second-order valence-corrected chi connectivity index (χ2v) is 3.54. The summed E-state index contributed by atoms with van der Waals surface area (Å²) in [4.78, 5) is 11.2. The predicted octanol–water partition coefficient (Wildman–Crippen LogP) is 2.69. The van der Waals surface area contributed by atoms with Crippen molar-refractivity contribution in [1.29, 1.82) is 0 Å². The summed E-state index contributed by atoms with van der Waals surface area (Å²) in [6, 6.07) is 10.00. The summed E-state index contributed by atoms with van der Waals surface area (Å²) in [5, 5.41) is 1.68. The third-order valence-electron chi connectivity index (χ3n) is 2.50. The molecule has 3 heteroatoms. The molecule has 0 N–H and O–H groups in total. The smallest absolute Gasteiger partial charge is 0.309 e. The lowest BCUT2D eigenvalue weighted by Gasteiger charge is -2.05. The van der Waals surface area contributed by atoms with E-state index in [1.165, 1.54) is 19.2 Å². The van der Waals surface area contributed by atoms with E-state index in [0.29, 0.717) is 0 Å². The van der Waals surface area contributed by atoms with Crippen LogP contribution in [-0.2, 0) is 16.0 Å². The van der Waals surface area contributed by atoms with E-state index in [-0.39, 0.29) is 18.2 Å². The first kappa shape index (κ1) is 10.6. The van der Waals surface area contributed by atoms with Crippen LogP contribution in [0.15, 0.2) is 36.4 Å². The molecule has 0 aromatic heterocycles. The van der Waals surface area contributed by atoms with Crippen LogP contribution in [0.1, 0.15) is 5.56 Å². The molecule has 0 aliphatic carbocycles. The standard InChI is InChI=1S/C13H11FO2/c1-16-13(15)8-10-4-2-3-9-7-11(14)5-6-12(9)10/h2-7H,8H2,1H3. The highest BCUT2D eigenvalue weighted by molar-refractivity contribution is 5.89. The molecule has 2 aromatic rings. The normalized spacial score (nSPS) is 10.4. The molecule has 16 heavy (non-hydrogen) atoms. The second-order valence-electron chi connectivity index (χ2n) is 3.54. The number of fused-ring (bicyclic) bond motifs is 1. The molecule has 0 bridgehead atoms. The molecule has 82 valence electrons. The van der Waals surface area contributed by atoms with Crippen LogP contribution in [0.5, 0.6) is 0 Å². The Kier molecular flexibility index (Phi) is 2.86. The highest BCUT2D eigenvalue weighted by atomic mass is 19.1. The van der Waals surface area contributed by atoms with Crippen molar-refractivity contribution in [3.63, 3.8) is 0 Å². The van der Waals surface area contributed by atoms with Crippen molar-refractivity contribution in [3.05, 3.63) is 47.8 Å². The van der Waals surface area contributed by atoms with Gasteiger partial charge in [0.05, 0.1) is 13.5 Å². The van der Waals surface area contributed by atoms with Gasteiger partial charge in [0.1, 0.15) is 5.82 Å². The molecule has 0 spiro atoms. The SMILES string of the molecule is COC(=O)Cc1cccc2cc(F)ccc12. The van der Waals surface area contributed by atoms with Crippen LogP contribution in [0.2, 0.25) is 0 Å². The van der Waals surface area contributed by atoms with Crippen LogP contribution in [0.3, 0.4) is 0 Å². The Morgan fingerprint density at radius 3 is 2.88 bits per heavy atom. The van der Waals surface area contributed by atoms with Crippen molar-refractivity contribution in [1.82, 2.24) is 0 Å². The van der Waals surface area contributed by atoms with Gasteiger partial charge in [-0.2, -0.15) is 0 Å². The molecule has 0 aliphatic heterocycles. The molecule has 0 radical (unpaired) electrons. The van der Waals surface area contributed by atoms with E-state index >= 15 is 0 Å². The van der Waals surface area contributed by atoms with Crippen LogP contribution in [0.4, 0.5) is 4.39 Å². The molecular weight excluding hydrogens is 207 g/mol. The van der Waals surface area contributed by atoms with Gasteiger partial charge in [-0.25, -0.2) is 4.39 Å². The molecule has 0 saturated carbocycles. The third kappa shape index (κ3) is 2.03. The quantitative estimate of drug-likeness (QED) is 0.724. The number of rotatable bonds is 2. The van der Waals surface area contributed by atoms with Gasteiger partial charge in [0, 0.05) is 0 Å². The Bertz CT molecular complexity index is 534. The highest BCUT2D eigenvalue weighted by Crippen LogP contribution is 2.20. The van der Waals surface area contributed by atoms with Gasteiger partial charge < -0.3 is 4.74 Å². The predicted molar refractivity (Wildman–Crippen MR) is 59.6 cm³/mol. The molecule has 0 fully saturated rings. The van der Waals surface area contributed by atoms with Crippen LogP contribution < -0.4 is 0 Å². The monoisotopic (exact) mass is 218 g/mol. The Balaban J connectivity index is 2.49. The number of hydrogen-bond donors (Lipinski definition) is 0. The summed E-state index contributed by atoms with van der Waals surface area (Å²) in [7, 11) is 1.35. The average Bonchev–Trinajstić information content (AvgIpc) is 2.28. The fraction of sp³-hybridized carbons (Fsp3) is 0.154. The van der Waals surface area contributed by atoms with Crippen LogP contribution in [0, 0.1) is 5.82 Å². The lowest BCUT2D eigenvalue weighted by atomic mass is 10.0. The minimum Gasteiger partial charge on any atom is -0.469 e. The van der Waals surface area contributed by atoms with Crippen LogP contribution in [0.25, 0.3) is 10.8 Å². The summed E-state index contributed by atoms with van der Waals surface area (Å²) in [5.41, 5.74) is 0.851. The second kappa shape index (κ2) is 4.31. The molecule has 2 rings (SSSR count). The van der Waals surface area contributed by atoms with E-state index in [9.17, 15) is 9.18 Å². The maximum atomic E-state index is 13.0. The Hall–Kier alpha value is -1.90. The zero-order valence-electron chi connectivity index (χ0n) is 8.87. The van der Waals surface area contributed by atoms with Gasteiger partial charge in [-0.1, -0.05) is 24.3 Å². The molecule has 0 atom stereocenters. The minimum absolute atomic E-state index is 0.208. The van der Waals surface area contributed by atoms with E-state index < -0.39 is 0 Å². The van der Waals surface area contributed by atoms with Crippen molar-refractivity contribution in [2.24, 2.45) is 0 Å². The minimum atomic E-state index is -0.295. The lowest BCUT2D eigenvalue weighted by Crippen LogP contribution is -2.04. The molecule has 0 aliphatic rings. The number of hydrogen-bond acceptors (Lipinski definition) is 2. The van der Waals surface area contributed by atoms with Crippen molar-refractivity contribution < 1.29 is 13.9 Å². The van der Waals surface area contributed by atoms with Crippen LogP contribution >= 0.6 is 0 Å². The number of carbonyl (C=O) groups excluding carboxylic acids is 1. The fourth-order valence-electron chi connectivity index (χ4n) is 1.70. The Morgan fingerprint density at radius 1 is 1.31 bits per heavy atom. The maximum Gasteiger partial charge on any atom is 0.309 e. The maximum absolute atomic E-state index is 13.0. The molecular formula is C13H11FO2. The number of halogens is 1. The zero-order valence-corrected chi connectivity index (χ0v) is 8.87. The summed E-state index contributed by atoms with van der Waals surface area (Å²) >= 11 is 0. The van der Waals surface area contributed by atoms with E-state index in [4.69, 9.17) is 0 Å². The largest absolute Gasteiger partial charge is 0.469 e. The third-order valence-corrected chi connectivity index (χ3v) is 2.50. The average molecular weight is 218 g/mol. The zero-order chi connectivity index (χ0) is 11.5. The highest BCUT2D eigenvalue weighted by Gasteiger charge is 2.06. The van der Waals surface area contributed by atoms with Crippen molar-refractivity contribution >= 4 is 16.7 Å². The Morgan fingerprint density at radius 2 is 2.12 bits per heavy atom. The van der Waals surface area contributed by atoms with Gasteiger partial charge >= 0.3 is 5.97 Å². The number of esters is 1. The number of methoxy groups -OCH3 is 1. The molecule has 2 nitrogen and oxygen atoms in total. The van der Waals surface area contributed by atoms with E-state index in [1.54, 1.807) is 12.1 Å². The number of ether oxygens (including phenoxy) is 1. The molecule has 0 amide bonds. The Labute approximate surface area is 92.6 Å². The summed E-state index contributed by atoms with van der Waals surface area (Å²) < 4.78 is 17.6. The summed E-state index contributed by atoms with van der Waals surface area (Å²) in [5.74, 6) is -0.570. The van der Waals surface area contributed by atoms with Gasteiger partial charge in [-0.15, -0.1) is 0 Å². The van der Waals surface area contributed by atoms with E-state index in [0.717, 1.165) is 16.3 Å². The van der Waals surface area contributed by atoms with Crippen LogP contribution in [-0.4, -0.2) is 13.1 Å². The summed E-state index contributed by atoms with van der Waals surface area (Å²) in [6.45, 7) is 0. The molecule has 0 heterocycles. The number of benzene rings is 2. The van der Waals surface area contributed by atoms with Gasteiger partial charge in [-0.05, 0) is 28.5 Å². The molecule has 2 aromatic carbocycles. The molecule has 0 unspecified atom stereocenters. The first-order valence-corrected chi connectivity index (χ1v) is 4.94. The van der Waals surface area contributed by atoms with Crippen molar-refractivity contribution in [2.75, 3.05) is 7.11 Å². The van der Waals surface area contributed by atoms with Crippen molar-refractivity contribution in [3.8, 4) is 0 Å². The van der Waals surface area contributed by atoms with E-state index in [1.807, 2.05) is 12.1 Å². The van der Waals surface area contributed by atoms with Crippen molar-refractivity contribution in [2.45, 2.75) is 6.42 Å². The molecule has 0 saturated heterocycles. The fourth-order valence-corrected chi connectivity index (χ4v) is 1.70. The first-order chi connectivity index (χ1) is 7.70. The first-order valence-electron chi connectivity index (χ1n) is 4.94. The van der Waals surface area contributed by atoms with Gasteiger partial charge in [0.2, 0.25) is 0 Å². The number of carbonyl (C=O) groups is 1. The topological polar surface area (TPSA) is 26.3 Å². The van der Waals surface area contributed by atoms with Gasteiger partial charge in [-0.3, -0.25) is 4.79 Å².